The van der Waals surface area contributed by atoms with Gasteiger partial charge in [-0.1, -0.05) is 97.2 Å². The molecular weight excluding hydrogens is 340 g/mol. The zero-order valence-electron chi connectivity index (χ0n) is 19.5. The highest BCUT2D eigenvalue weighted by Gasteiger charge is 2.30. The second-order valence-electron chi connectivity index (χ2n) is 9.27. The molecule has 28 heavy (non-hydrogen) atoms. The van der Waals surface area contributed by atoms with E-state index in [0.717, 1.165) is 17.9 Å². The van der Waals surface area contributed by atoms with Crippen LogP contribution in [-0.2, 0) is 0 Å². The summed E-state index contributed by atoms with van der Waals surface area (Å²) in [5.41, 5.74) is 3.16. The largest absolute Gasteiger partial charge is 0.494 e. The average molecular weight is 383 g/mol. The lowest BCUT2D eigenvalue weighted by molar-refractivity contribution is 0.229. The molecule has 1 unspecified atom stereocenters. The summed E-state index contributed by atoms with van der Waals surface area (Å²) in [5.74, 6) is 1.54. The van der Waals surface area contributed by atoms with Crippen LogP contribution in [0.1, 0.15) is 73.3 Å². The summed E-state index contributed by atoms with van der Waals surface area (Å²) >= 11 is 0. The van der Waals surface area contributed by atoms with Crippen molar-refractivity contribution in [2.24, 2.45) is 10.8 Å². The highest BCUT2D eigenvalue weighted by molar-refractivity contribution is 5.31. The van der Waals surface area contributed by atoms with Crippen LogP contribution in [0, 0.1) is 10.8 Å². The van der Waals surface area contributed by atoms with E-state index < -0.39 is 0 Å². The van der Waals surface area contributed by atoms with E-state index in [4.69, 9.17) is 4.74 Å². The van der Waals surface area contributed by atoms with Crippen molar-refractivity contribution < 1.29 is 4.74 Å². The van der Waals surface area contributed by atoms with Crippen LogP contribution < -0.4 is 4.74 Å². The molecule has 0 aliphatic carbocycles. The van der Waals surface area contributed by atoms with Gasteiger partial charge in [0.25, 0.3) is 0 Å². The summed E-state index contributed by atoms with van der Waals surface area (Å²) in [7, 11) is 0. The van der Waals surface area contributed by atoms with Crippen LogP contribution in [-0.4, -0.2) is 6.61 Å². The predicted octanol–water partition coefficient (Wildman–Crippen LogP) is 8.51. The molecule has 0 N–H and O–H groups in total. The lowest BCUT2D eigenvalue weighted by Crippen LogP contribution is -2.23. The number of hydrogen-bond acceptors (Lipinski definition) is 1. The Morgan fingerprint density at radius 1 is 1.04 bits per heavy atom. The Morgan fingerprint density at radius 2 is 1.61 bits per heavy atom. The molecule has 1 atom stereocenters. The summed E-state index contributed by atoms with van der Waals surface area (Å²) in [6, 6.07) is 8.65. The third kappa shape index (κ3) is 11.0. The first-order valence-electron chi connectivity index (χ1n) is 10.3. The lowest BCUT2D eigenvalue weighted by Gasteiger charge is -2.36. The Labute approximate surface area is 174 Å². The monoisotopic (exact) mass is 382 g/mol. The van der Waals surface area contributed by atoms with Crippen molar-refractivity contribution in [1.82, 2.24) is 0 Å². The van der Waals surface area contributed by atoms with Gasteiger partial charge in [-0.15, -0.1) is 0 Å². The van der Waals surface area contributed by atoms with Gasteiger partial charge in [0.2, 0.25) is 0 Å². The van der Waals surface area contributed by atoms with Gasteiger partial charge in [0, 0.05) is 0 Å². The highest BCUT2D eigenvalue weighted by Crippen LogP contribution is 2.43. The molecule has 1 aromatic rings. The summed E-state index contributed by atoms with van der Waals surface area (Å²) in [5, 5.41) is 0. The quantitative estimate of drug-likeness (QED) is 0.429. The zero-order valence-corrected chi connectivity index (χ0v) is 19.5. The van der Waals surface area contributed by atoms with Gasteiger partial charge in [-0.2, -0.15) is 0 Å². The predicted molar refractivity (Wildman–Crippen MR) is 127 cm³/mol. The minimum atomic E-state index is 0.278. The van der Waals surface area contributed by atoms with E-state index >= 15 is 0 Å². The minimum Gasteiger partial charge on any atom is -0.494 e. The number of rotatable bonds is 7. The summed E-state index contributed by atoms with van der Waals surface area (Å²) < 4.78 is 5.53. The molecule has 0 saturated heterocycles. The van der Waals surface area contributed by atoms with E-state index in [9.17, 15) is 0 Å². The summed E-state index contributed by atoms with van der Waals surface area (Å²) in [4.78, 5) is 0. The van der Waals surface area contributed by atoms with Crippen molar-refractivity contribution in [1.29, 1.82) is 0 Å². The van der Waals surface area contributed by atoms with E-state index in [2.05, 4.69) is 79.0 Å². The maximum Gasteiger partial charge on any atom is 0.119 e. The normalized spacial score (nSPS) is 13.5. The Balaban J connectivity index is 0.000000684. The molecule has 1 rings (SSSR count). The number of hydrogen-bond donors (Lipinski definition) is 0. The molecule has 1 heteroatoms. The maximum atomic E-state index is 5.53. The molecule has 0 aliphatic rings. The molecule has 1 aromatic carbocycles. The second-order valence-corrected chi connectivity index (χ2v) is 9.27. The van der Waals surface area contributed by atoms with Crippen molar-refractivity contribution >= 4 is 0 Å². The van der Waals surface area contributed by atoms with Gasteiger partial charge in [0.1, 0.15) is 5.75 Å². The van der Waals surface area contributed by atoms with Gasteiger partial charge in [-0.25, -0.2) is 0 Å². The zero-order chi connectivity index (χ0) is 21.8. The van der Waals surface area contributed by atoms with Crippen molar-refractivity contribution in [3.8, 4) is 5.75 Å². The molecule has 0 bridgehead atoms. The van der Waals surface area contributed by atoms with E-state index in [0.29, 0.717) is 11.3 Å². The Morgan fingerprint density at radius 3 is 1.96 bits per heavy atom. The molecule has 1 nitrogen and oxygen atoms in total. The second kappa shape index (κ2) is 12.4. The molecule has 156 valence electrons. The van der Waals surface area contributed by atoms with Crippen LogP contribution in [0.4, 0.5) is 0 Å². The Kier molecular flexibility index (Phi) is 11.5. The fourth-order valence-corrected chi connectivity index (χ4v) is 2.96. The summed E-state index contributed by atoms with van der Waals surface area (Å²) in [6.45, 7) is 25.9. The van der Waals surface area contributed by atoms with Gasteiger partial charge in [-0.05, 0) is 60.3 Å². The molecule has 0 amide bonds. The first-order valence-corrected chi connectivity index (χ1v) is 10.3. The van der Waals surface area contributed by atoms with Gasteiger partial charge in [0.05, 0.1) is 6.61 Å². The number of ether oxygens (including phenoxy) is 1. The highest BCUT2D eigenvalue weighted by atomic mass is 16.5. The first kappa shape index (κ1) is 26.0. The van der Waals surface area contributed by atoms with Crippen LogP contribution in [0.2, 0.25) is 0 Å². The fourth-order valence-electron chi connectivity index (χ4n) is 2.96. The maximum absolute atomic E-state index is 5.53. The smallest absolute Gasteiger partial charge is 0.119 e. The fraction of sp³-hybridized carbons (Fsp3) is 0.481. The van der Waals surface area contributed by atoms with Crippen LogP contribution in [0.25, 0.3) is 0 Å². The molecule has 0 saturated carbocycles. The number of allylic oxidation sites excluding steroid dienone is 6. The molecule has 0 aliphatic heterocycles. The first-order chi connectivity index (χ1) is 13.0. The topological polar surface area (TPSA) is 9.23 Å². The van der Waals surface area contributed by atoms with Gasteiger partial charge in [0.15, 0.2) is 0 Å². The Hall–Kier alpha value is -2.02. The van der Waals surface area contributed by atoms with Crippen LogP contribution in [0.15, 0.2) is 73.4 Å². The van der Waals surface area contributed by atoms with Crippen molar-refractivity contribution in [2.75, 3.05) is 6.61 Å². The van der Waals surface area contributed by atoms with Crippen LogP contribution in [0.5, 0.6) is 5.75 Å². The Bertz CT molecular complexity index is 630. The van der Waals surface area contributed by atoms with E-state index in [1.165, 1.54) is 12.0 Å². The third-order valence-electron chi connectivity index (χ3n) is 4.45. The van der Waals surface area contributed by atoms with Crippen molar-refractivity contribution in [3.05, 3.63) is 78.9 Å². The minimum absolute atomic E-state index is 0.278. The average Bonchev–Trinajstić information content (AvgIpc) is 2.61. The molecule has 0 radical (unpaired) electrons. The van der Waals surface area contributed by atoms with Crippen LogP contribution in [0.3, 0.4) is 0 Å². The molecule has 0 heterocycles. The van der Waals surface area contributed by atoms with E-state index in [1.807, 2.05) is 32.1 Å². The van der Waals surface area contributed by atoms with Crippen molar-refractivity contribution in [3.63, 3.8) is 0 Å². The molecule has 0 spiro atoms. The molecule has 0 aromatic heterocycles. The molecule has 0 fully saturated rings. The van der Waals surface area contributed by atoms with Crippen molar-refractivity contribution in [2.45, 2.75) is 67.7 Å². The van der Waals surface area contributed by atoms with Gasteiger partial charge >= 0.3 is 0 Å². The summed E-state index contributed by atoms with van der Waals surface area (Å²) in [6.07, 6.45) is 10.6. The SMILES string of the molecule is C=C/C=C\C(C=C)=C/C.CCOc1ccc(C(CC(C)(C)C)C(C)(C)C)cc1. The molecular formula is C27H42O. The van der Waals surface area contributed by atoms with Crippen LogP contribution >= 0.6 is 0 Å². The third-order valence-corrected chi connectivity index (χ3v) is 4.45. The van der Waals surface area contributed by atoms with E-state index in [-0.39, 0.29) is 5.41 Å². The van der Waals surface area contributed by atoms with E-state index in [1.54, 1.807) is 12.2 Å². The van der Waals surface area contributed by atoms with Gasteiger partial charge in [-0.3, -0.25) is 0 Å². The lowest BCUT2D eigenvalue weighted by atomic mass is 9.69. The number of benzene rings is 1. The van der Waals surface area contributed by atoms with Gasteiger partial charge < -0.3 is 4.74 Å². The standard InChI is InChI=1S/C18H30O.C9H12/c1-8-19-15-11-9-14(10-12-15)16(18(5,6)7)13-17(2,3)4;1-4-7-8-9(5-2)6-3/h9-12,16H,8,13H2,1-7H3;4-8H,1-2H2,3H3/b;8-7-,9-6-.